The van der Waals surface area contributed by atoms with E-state index >= 15 is 0 Å². The summed E-state index contributed by atoms with van der Waals surface area (Å²) in [7, 11) is 0. The van der Waals surface area contributed by atoms with E-state index in [2.05, 4.69) is 19.9 Å². The number of hydrogen-bond acceptors (Lipinski definition) is 5. The zero-order chi connectivity index (χ0) is 17.4. The summed E-state index contributed by atoms with van der Waals surface area (Å²) in [5.74, 6) is 0.619. The predicted octanol–water partition coefficient (Wildman–Crippen LogP) is 2.18. The van der Waals surface area contributed by atoms with E-state index in [1.54, 1.807) is 11.2 Å². The number of rotatable bonds is 2. The molecule has 128 valence electrons. The Bertz CT molecular complexity index is 916. The molecule has 1 unspecified atom stereocenters. The van der Waals surface area contributed by atoms with Crippen molar-refractivity contribution in [1.82, 2.24) is 24.8 Å². The molecule has 0 saturated carbocycles. The van der Waals surface area contributed by atoms with Gasteiger partial charge in [-0.05, 0) is 38.1 Å². The fourth-order valence-corrected chi connectivity index (χ4v) is 3.14. The molecule has 4 rings (SSSR count). The molecule has 2 aromatic heterocycles. The van der Waals surface area contributed by atoms with E-state index < -0.39 is 0 Å². The molecule has 7 heteroatoms. The summed E-state index contributed by atoms with van der Waals surface area (Å²) in [6, 6.07) is 7.42. The van der Waals surface area contributed by atoms with Crippen LogP contribution in [0.15, 0.2) is 30.6 Å². The molecule has 1 N–H and O–H groups in total. The SMILES string of the molecule is Cc1cc(C)nc(C2CN(C(=O)c3ccc4nc[nH]c4c3)CCO2)n1. The van der Waals surface area contributed by atoms with E-state index in [1.165, 1.54) is 0 Å². The van der Waals surface area contributed by atoms with Crippen LogP contribution in [0, 0.1) is 13.8 Å². The van der Waals surface area contributed by atoms with Gasteiger partial charge in [0.25, 0.3) is 5.91 Å². The molecule has 1 saturated heterocycles. The summed E-state index contributed by atoms with van der Waals surface area (Å²) in [4.78, 5) is 30.8. The van der Waals surface area contributed by atoms with Crippen molar-refractivity contribution in [3.8, 4) is 0 Å². The number of hydrogen-bond donors (Lipinski definition) is 1. The average Bonchev–Trinajstić information content (AvgIpc) is 3.08. The summed E-state index contributed by atoms with van der Waals surface area (Å²) < 4.78 is 5.81. The van der Waals surface area contributed by atoms with E-state index in [0.29, 0.717) is 31.1 Å². The number of nitrogens with zero attached hydrogens (tertiary/aromatic N) is 4. The number of ether oxygens (including phenoxy) is 1. The van der Waals surface area contributed by atoms with Gasteiger partial charge in [-0.25, -0.2) is 15.0 Å². The number of carbonyl (C=O) groups excluding carboxylic acids is 1. The van der Waals surface area contributed by atoms with Crippen molar-refractivity contribution in [3.05, 3.63) is 53.4 Å². The molecule has 25 heavy (non-hydrogen) atoms. The van der Waals surface area contributed by atoms with Crippen molar-refractivity contribution in [2.75, 3.05) is 19.7 Å². The molecule has 3 heterocycles. The summed E-state index contributed by atoms with van der Waals surface area (Å²) in [5.41, 5.74) is 4.14. The highest BCUT2D eigenvalue weighted by molar-refractivity contribution is 5.97. The number of morpholine rings is 1. The first-order valence-corrected chi connectivity index (χ1v) is 8.26. The number of aromatic nitrogens is 4. The van der Waals surface area contributed by atoms with Crippen LogP contribution < -0.4 is 0 Å². The Hall–Kier alpha value is -2.80. The molecule has 1 aliphatic rings. The van der Waals surface area contributed by atoms with Crippen LogP contribution in [0.5, 0.6) is 0 Å². The Morgan fingerprint density at radius 3 is 2.84 bits per heavy atom. The van der Waals surface area contributed by atoms with Gasteiger partial charge in [-0.3, -0.25) is 4.79 Å². The summed E-state index contributed by atoms with van der Waals surface area (Å²) in [6.07, 6.45) is 1.33. The van der Waals surface area contributed by atoms with Crippen LogP contribution in [0.4, 0.5) is 0 Å². The number of H-pyrrole nitrogens is 1. The van der Waals surface area contributed by atoms with Gasteiger partial charge in [0.2, 0.25) is 0 Å². The van der Waals surface area contributed by atoms with Crippen molar-refractivity contribution in [1.29, 1.82) is 0 Å². The van der Waals surface area contributed by atoms with Crippen LogP contribution >= 0.6 is 0 Å². The highest BCUT2D eigenvalue weighted by atomic mass is 16.5. The predicted molar refractivity (Wildman–Crippen MR) is 92.2 cm³/mol. The minimum Gasteiger partial charge on any atom is -0.367 e. The third-order valence-corrected chi connectivity index (χ3v) is 4.31. The second-order valence-electron chi connectivity index (χ2n) is 6.25. The molecule has 1 aromatic carbocycles. The smallest absolute Gasteiger partial charge is 0.254 e. The molecule has 1 amide bonds. The number of nitrogens with one attached hydrogen (secondary N) is 1. The average molecular weight is 337 g/mol. The highest BCUT2D eigenvalue weighted by Gasteiger charge is 2.28. The highest BCUT2D eigenvalue weighted by Crippen LogP contribution is 2.22. The summed E-state index contributed by atoms with van der Waals surface area (Å²) in [6.45, 7) is 5.34. The topological polar surface area (TPSA) is 84.0 Å². The van der Waals surface area contributed by atoms with Crippen LogP contribution in [0.25, 0.3) is 11.0 Å². The second kappa shape index (κ2) is 6.25. The lowest BCUT2D eigenvalue weighted by Crippen LogP contribution is -2.42. The zero-order valence-corrected chi connectivity index (χ0v) is 14.2. The van der Waals surface area contributed by atoms with Gasteiger partial charge < -0.3 is 14.6 Å². The molecular weight excluding hydrogens is 318 g/mol. The molecule has 1 atom stereocenters. The molecule has 1 aliphatic heterocycles. The Balaban J connectivity index is 1.56. The van der Waals surface area contributed by atoms with Gasteiger partial charge in [0.1, 0.15) is 6.10 Å². The fraction of sp³-hybridized carbons (Fsp3) is 0.333. The van der Waals surface area contributed by atoms with Gasteiger partial charge in [-0.15, -0.1) is 0 Å². The van der Waals surface area contributed by atoms with E-state index in [9.17, 15) is 4.79 Å². The molecular formula is C18H19N5O2. The van der Waals surface area contributed by atoms with Gasteiger partial charge >= 0.3 is 0 Å². The molecule has 3 aromatic rings. The Kier molecular flexibility index (Phi) is 3.93. The lowest BCUT2D eigenvalue weighted by Gasteiger charge is -2.32. The first kappa shape index (κ1) is 15.7. The van der Waals surface area contributed by atoms with Crippen LogP contribution in [0.3, 0.4) is 0 Å². The monoisotopic (exact) mass is 337 g/mol. The molecule has 7 nitrogen and oxygen atoms in total. The second-order valence-corrected chi connectivity index (χ2v) is 6.25. The van der Waals surface area contributed by atoms with Crippen molar-refractivity contribution >= 4 is 16.9 Å². The number of imidazole rings is 1. The Labute approximate surface area is 145 Å². The lowest BCUT2D eigenvalue weighted by atomic mass is 10.1. The largest absolute Gasteiger partial charge is 0.367 e. The third-order valence-electron chi connectivity index (χ3n) is 4.31. The molecule has 0 spiro atoms. The number of carbonyl (C=O) groups is 1. The molecule has 0 aliphatic carbocycles. The summed E-state index contributed by atoms with van der Waals surface area (Å²) in [5, 5.41) is 0. The Morgan fingerprint density at radius 1 is 1.24 bits per heavy atom. The van der Waals surface area contributed by atoms with E-state index in [1.807, 2.05) is 38.1 Å². The van der Waals surface area contributed by atoms with Crippen molar-refractivity contribution in [2.45, 2.75) is 20.0 Å². The standard InChI is InChI=1S/C18H19N5O2/c1-11-7-12(2)22-17(21-11)16-9-23(5-6-25-16)18(24)13-3-4-14-15(8-13)20-10-19-14/h3-4,7-8,10,16H,5-6,9H2,1-2H3,(H,19,20). The van der Waals surface area contributed by atoms with Gasteiger partial charge in [-0.2, -0.15) is 0 Å². The van der Waals surface area contributed by atoms with Gasteiger partial charge in [0.15, 0.2) is 5.82 Å². The molecule has 0 bridgehead atoms. The van der Waals surface area contributed by atoms with E-state index in [4.69, 9.17) is 4.74 Å². The number of aromatic amines is 1. The zero-order valence-electron chi connectivity index (χ0n) is 14.2. The first-order chi connectivity index (χ1) is 12.1. The quantitative estimate of drug-likeness (QED) is 0.775. The maximum atomic E-state index is 12.9. The van der Waals surface area contributed by atoms with Gasteiger partial charge in [0.05, 0.1) is 30.5 Å². The van der Waals surface area contributed by atoms with Crippen molar-refractivity contribution < 1.29 is 9.53 Å². The summed E-state index contributed by atoms with van der Waals surface area (Å²) >= 11 is 0. The maximum Gasteiger partial charge on any atom is 0.254 e. The van der Waals surface area contributed by atoms with Crippen molar-refractivity contribution in [2.24, 2.45) is 0 Å². The van der Waals surface area contributed by atoms with Gasteiger partial charge in [0, 0.05) is 23.5 Å². The number of amides is 1. The van der Waals surface area contributed by atoms with Crippen molar-refractivity contribution in [3.63, 3.8) is 0 Å². The maximum absolute atomic E-state index is 12.9. The number of benzene rings is 1. The third kappa shape index (κ3) is 3.10. The molecule has 0 radical (unpaired) electrons. The van der Waals surface area contributed by atoms with Crippen LogP contribution in [-0.4, -0.2) is 50.4 Å². The lowest BCUT2D eigenvalue weighted by molar-refractivity contribution is -0.0269. The van der Waals surface area contributed by atoms with Crippen LogP contribution in [0.1, 0.15) is 33.7 Å². The Morgan fingerprint density at radius 2 is 2.04 bits per heavy atom. The fourth-order valence-electron chi connectivity index (χ4n) is 3.14. The van der Waals surface area contributed by atoms with E-state index in [0.717, 1.165) is 22.4 Å². The first-order valence-electron chi connectivity index (χ1n) is 8.26. The van der Waals surface area contributed by atoms with Crippen LogP contribution in [0.2, 0.25) is 0 Å². The minimum absolute atomic E-state index is 0.0193. The number of aryl methyl sites for hydroxylation is 2. The normalized spacial score (nSPS) is 17.8. The van der Waals surface area contributed by atoms with E-state index in [-0.39, 0.29) is 12.0 Å². The van der Waals surface area contributed by atoms with Gasteiger partial charge in [-0.1, -0.05) is 0 Å². The molecule has 1 fully saturated rings. The van der Waals surface area contributed by atoms with Crippen LogP contribution in [-0.2, 0) is 4.74 Å². The minimum atomic E-state index is -0.299. The number of fused-ring (bicyclic) bond motifs is 1.